The minimum atomic E-state index is -1.14. The van der Waals surface area contributed by atoms with Crippen LogP contribution in [0.1, 0.15) is 137 Å². The van der Waals surface area contributed by atoms with E-state index in [1.165, 1.54) is 0 Å². The number of carbonyl (C=O) groups is 4. The summed E-state index contributed by atoms with van der Waals surface area (Å²) in [6.45, 7) is 11.6. The summed E-state index contributed by atoms with van der Waals surface area (Å²) in [5, 5.41) is 21.7. The highest BCUT2D eigenvalue weighted by Gasteiger charge is 2.41. The molecule has 2 unspecified atom stereocenters. The first-order valence-electron chi connectivity index (χ1n) is 19.6. The molecule has 51 heavy (non-hydrogen) atoms. The van der Waals surface area contributed by atoms with Crippen LogP contribution in [0.25, 0.3) is 0 Å². The summed E-state index contributed by atoms with van der Waals surface area (Å²) >= 11 is 0. The maximum Gasteiger partial charge on any atom is 0.306 e. The number of ketones is 2. The van der Waals surface area contributed by atoms with E-state index in [1.807, 2.05) is 77.1 Å². The van der Waals surface area contributed by atoms with Crippen molar-refractivity contribution in [1.29, 1.82) is 0 Å². The highest BCUT2D eigenvalue weighted by Crippen LogP contribution is 2.39. The fourth-order valence-corrected chi connectivity index (χ4v) is 7.11. The third kappa shape index (κ3) is 14.9. The van der Waals surface area contributed by atoms with Gasteiger partial charge >= 0.3 is 11.9 Å². The molecule has 0 aromatic heterocycles. The first-order valence-corrected chi connectivity index (χ1v) is 19.6. The number of Topliss-reactive ketones (excluding diaryl/α,β-unsaturated/α-hetero) is 2. The molecule has 1 saturated carbocycles. The van der Waals surface area contributed by atoms with Crippen molar-refractivity contribution in [3.63, 3.8) is 0 Å². The molecule has 288 valence electrons. The third-order valence-corrected chi connectivity index (χ3v) is 10.6. The molecule has 1 aromatic carbocycles. The molecule has 0 amide bonds. The second-order valence-corrected chi connectivity index (χ2v) is 14.3. The zero-order valence-electron chi connectivity index (χ0n) is 32.1. The van der Waals surface area contributed by atoms with E-state index in [0.29, 0.717) is 77.2 Å². The highest BCUT2D eigenvalue weighted by atomic mass is 16.5. The molecular weight excluding hydrogens is 648 g/mol. The molecule has 1 aromatic rings. The van der Waals surface area contributed by atoms with Crippen LogP contribution in [0.2, 0.25) is 0 Å². The summed E-state index contributed by atoms with van der Waals surface area (Å²) < 4.78 is 17.3. The molecular formula is C42H66O9. The molecule has 7 atom stereocenters. The van der Waals surface area contributed by atoms with Gasteiger partial charge in [-0.25, -0.2) is 0 Å². The van der Waals surface area contributed by atoms with Gasteiger partial charge in [-0.3, -0.25) is 19.2 Å². The molecule has 9 nitrogen and oxygen atoms in total. The van der Waals surface area contributed by atoms with Gasteiger partial charge in [-0.05, 0) is 101 Å². The average Bonchev–Trinajstić information content (AvgIpc) is 3.41. The summed E-state index contributed by atoms with van der Waals surface area (Å²) in [6, 6.07) is 9.97. The number of hydrogen-bond donors (Lipinski definition) is 2. The van der Waals surface area contributed by atoms with Crippen LogP contribution in [0.3, 0.4) is 0 Å². The normalized spacial score (nSPS) is 20.9. The monoisotopic (exact) mass is 714 g/mol. The Bertz CT molecular complexity index is 1210. The maximum atomic E-state index is 13.5. The molecule has 9 heteroatoms. The van der Waals surface area contributed by atoms with Crippen LogP contribution in [0.5, 0.6) is 0 Å². The molecule has 0 spiro atoms. The fraction of sp³-hybridized carbons (Fsp3) is 0.714. The average molecular weight is 715 g/mol. The van der Waals surface area contributed by atoms with Gasteiger partial charge in [0.25, 0.3) is 0 Å². The topological polar surface area (TPSA) is 136 Å². The number of aryl methyl sites for hydroxylation is 1. The Morgan fingerprint density at radius 2 is 1.57 bits per heavy atom. The van der Waals surface area contributed by atoms with Crippen LogP contribution in [-0.4, -0.2) is 70.3 Å². The van der Waals surface area contributed by atoms with Gasteiger partial charge in [-0.1, -0.05) is 77.1 Å². The van der Waals surface area contributed by atoms with Crippen LogP contribution in [0.15, 0.2) is 42.5 Å². The Labute approximate surface area is 306 Å². The Kier molecular flexibility index (Phi) is 20.5. The molecule has 1 aliphatic rings. The first-order chi connectivity index (χ1) is 24.4. The summed E-state index contributed by atoms with van der Waals surface area (Å²) in [5.41, 5.74) is -0.0144. The van der Waals surface area contributed by atoms with Crippen LogP contribution in [0.4, 0.5) is 0 Å². The van der Waals surface area contributed by atoms with E-state index in [2.05, 4.69) is 0 Å². The van der Waals surface area contributed by atoms with Crippen molar-refractivity contribution in [2.45, 2.75) is 168 Å². The Morgan fingerprint density at radius 1 is 0.882 bits per heavy atom. The quantitative estimate of drug-likeness (QED) is 0.0563. The van der Waals surface area contributed by atoms with Crippen molar-refractivity contribution in [2.75, 3.05) is 6.61 Å². The van der Waals surface area contributed by atoms with Gasteiger partial charge in [0.05, 0.1) is 25.2 Å². The number of ether oxygens (including phenoxy) is 3. The van der Waals surface area contributed by atoms with Gasteiger partial charge in [0.1, 0.15) is 17.8 Å². The van der Waals surface area contributed by atoms with Crippen molar-refractivity contribution in [3.8, 4) is 0 Å². The number of esters is 2. The van der Waals surface area contributed by atoms with Gasteiger partial charge in [0.15, 0.2) is 11.6 Å². The van der Waals surface area contributed by atoms with Crippen molar-refractivity contribution >= 4 is 23.5 Å². The lowest BCUT2D eigenvalue weighted by atomic mass is 9.85. The first kappa shape index (κ1) is 44.3. The van der Waals surface area contributed by atoms with Crippen LogP contribution in [-0.2, 0) is 39.8 Å². The largest absolute Gasteiger partial charge is 0.466 e. The second kappa shape index (κ2) is 23.6. The van der Waals surface area contributed by atoms with E-state index in [0.717, 1.165) is 18.4 Å². The van der Waals surface area contributed by atoms with Crippen LogP contribution in [0, 0.1) is 17.8 Å². The molecule has 0 radical (unpaired) electrons. The molecule has 2 N–H and O–H groups in total. The zero-order valence-corrected chi connectivity index (χ0v) is 32.1. The molecule has 0 aliphatic heterocycles. The van der Waals surface area contributed by atoms with Gasteiger partial charge in [-0.15, -0.1) is 0 Å². The minimum Gasteiger partial charge on any atom is -0.466 e. The van der Waals surface area contributed by atoms with E-state index in [4.69, 9.17) is 14.2 Å². The predicted octanol–water partition coefficient (Wildman–Crippen LogP) is 7.67. The Hall–Kier alpha value is -2.88. The van der Waals surface area contributed by atoms with Crippen LogP contribution >= 0.6 is 0 Å². The summed E-state index contributed by atoms with van der Waals surface area (Å²) in [5.74, 6) is -1.32. The number of unbranched alkanes of at least 4 members (excludes halogenated alkanes) is 1. The fourth-order valence-electron chi connectivity index (χ4n) is 7.11. The molecule has 0 heterocycles. The van der Waals surface area contributed by atoms with E-state index >= 15 is 0 Å². The minimum absolute atomic E-state index is 0.0307. The molecule has 1 fully saturated rings. The molecule has 2 rings (SSSR count). The smallest absolute Gasteiger partial charge is 0.306 e. The number of allylic oxidation sites excluding steroid dienone is 2. The van der Waals surface area contributed by atoms with Crippen molar-refractivity contribution in [2.24, 2.45) is 17.8 Å². The summed E-state index contributed by atoms with van der Waals surface area (Å²) in [6.07, 6.45) is 8.90. The zero-order chi connectivity index (χ0) is 37.8. The maximum absolute atomic E-state index is 13.5. The number of rotatable bonds is 26. The van der Waals surface area contributed by atoms with Crippen molar-refractivity contribution < 1.29 is 43.6 Å². The van der Waals surface area contributed by atoms with E-state index in [9.17, 15) is 29.4 Å². The molecule has 0 saturated heterocycles. The summed E-state index contributed by atoms with van der Waals surface area (Å²) in [4.78, 5) is 51.2. The Morgan fingerprint density at radius 3 is 2.22 bits per heavy atom. The number of carbonyl (C=O) groups excluding carboxylic acids is 4. The summed E-state index contributed by atoms with van der Waals surface area (Å²) in [7, 11) is 0. The second-order valence-electron chi connectivity index (χ2n) is 14.3. The predicted molar refractivity (Wildman–Crippen MR) is 199 cm³/mol. The SMILES string of the molecule is CCCOC(=O)CCC/C=C\C[C@@H]1[C@@H](CC[C@H](CCc2ccccc2)OC(=O)CCC(=O)C(CC)(CC)OC(C)C(=O)C(C)CC)[C@H](O)C[C@@H]1O. The third-order valence-electron chi connectivity index (χ3n) is 10.6. The number of hydrogen-bond acceptors (Lipinski definition) is 9. The highest BCUT2D eigenvalue weighted by molar-refractivity contribution is 5.91. The molecule has 0 bridgehead atoms. The lowest BCUT2D eigenvalue weighted by molar-refractivity contribution is -0.164. The Balaban J connectivity index is 2.02. The number of aliphatic hydroxyl groups is 2. The van der Waals surface area contributed by atoms with Gasteiger partial charge < -0.3 is 24.4 Å². The van der Waals surface area contributed by atoms with E-state index < -0.39 is 36.0 Å². The van der Waals surface area contributed by atoms with Crippen molar-refractivity contribution in [3.05, 3.63) is 48.0 Å². The number of benzene rings is 1. The van der Waals surface area contributed by atoms with Gasteiger partial charge in [0, 0.05) is 18.8 Å². The van der Waals surface area contributed by atoms with E-state index in [-0.39, 0.29) is 48.1 Å². The van der Waals surface area contributed by atoms with Gasteiger partial charge in [-0.2, -0.15) is 0 Å². The molecule has 1 aliphatic carbocycles. The van der Waals surface area contributed by atoms with E-state index in [1.54, 1.807) is 6.92 Å². The number of aliphatic hydroxyl groups excluding tert-OH is 2. The van der Waals surface area contributed by atoms with Crippen LogP contribution < -0.4 is 0 Å². The lowest BCUT2D eigenvalue weighted by Gasteiger charge is -2.33. The van der Waals surface area contributed by atoms with Crippen molar-refractivity contribution in [1.82, 2.24) is 0 Å². The lowest BCUT2D eigenvalue weighted by Crippen LogP contribution is -2.45. The van der Waals surface area contributed by atoms with Gasteiger partial charge in [0.2, 0.25) is 0 Å². The standard InChI is InChI=1S/C42H66O9/c1-7-28-49-39(46)21-17-12-11-16-20-34-35(37(44)29-36(34)43)25-24-33(23-22-32-18-14-13-15-19-32)50-40(47)27-26-38(45)42(9-3,10-4)51-31(6)41(48)30(5)8-2/h11,13-16,18-19,30-31,33-37,43-44H,7-10,12,17,20-29H2,1-6H3/b16-11-/t30?,31?,33-,34+,35+,36-,37+/m0/s1.